The van der Waals surface area contributed by atoms with Crippen molar-refractivity contribution < 1.29 is 27.1 Å². The fourth-order valence-corrected chi connectivity index (χ4v) is 3.76. The molecular formula is C22H16F4N2O2S2. The first kappa shape index (κ1) is 23.6. The van der Waals surface area contributed by atoms with Crippen molar-refractivity contribution in [3.63, 3.8) is 0 Å². The van der Waals surface area contributed by atoms with Gasteiger partial charge in [-0.1, -0.05) is 17.8 Å². The topological polar surface area (TPSA) is 50.4 Å². The lowest BCUT2D eigenvalue weighted by Gasteiger charge is -2.16. The zero-order chi connectivity index (χ0) is 23.3. The first-order valence-electron chi connectivity index (χ1n) is 9.07. The first-order valence-corrected chi connectivity index (χ1v) is 10.3. The first-order chi connectivity index (χ1) is 15.2. The SMILES string of the molecule is COC(=O)c1ccc(Sc2ccc(F)cc2)c(NC(=S)Nc2cccc(C(F)(F)F)c2)c1. The van der Waals surface area contributed by atoms with Crippen LogP contribution in [0.5, 0.6) is 0 Å². The summed E-state index contributed by atoms with van der Waals surface area (Å²) in [5.41, 5.74) is 0.00625. The Morgan fingerprint density at radius 3 is 2.38 bits per heavy atom. The number of benzene rings is 3. The number of hydrogen-bond donors (Lipinski definition) is 2. The molecule has 0 amide bonds. The fraction of sp³-hybridized carbons (Fsp3) is 0.0909. The molecule has 0 saturated heterocycles. The molecular weight excluding hydrogens is 464 g/mol. The van der Waals surface area contributed by atoms with Gasteiger partial charge in [0.05, 0.1) is 23.9 Å². The summed E-state index contributed by atoms with van der Waals surface area (Å²) in [5.74, 6) is -0.941. The molecule has 166 valence electrons. The molecule has 0 unspecified atom stereocenters. The molecule has 0 radical (unpaired) electrons. The Balaban J connectivity index is 1.84. The van der Waals surface area contributed by atoms with E-state index in [1.807, 2.05) is 0 Å². The number of ether oxygens (including phenoxy) is 1. The lowest BCUT2D eigenvalue weighted by atomic mass is 10.2. The summed E-state index contributed by atoms with van der Waals surface area (Å²) in [6.45, 7) is 0. The normalized spacial score (nSPS) is 11.0. The van der Waals surface area contributed by atoms with Crippen LogP contribution in [0.25, 0.3) is 0 Å². The van der Waals surface area contributed by atoms with E-state index in [-0.39, 0.29) is 22.2 Å². The van der Waals surface area contributed by atoms with Crippen molar-refractivity contribution in [1.82, 2.24) is 0 Å². The van der Waals surface area contributed by atoms with E-state index >= 15 is 0 Å². The third kappa shape index (κ3) is 6.21. The van der Waals surface area contributed by atoms with Crippen LogP contribution in [0.4, 0.5) is 28.9 Å². The smallest absolute Gasteiger partial charge is 0.416 e. The number of halogens is 4. The third-order valence-corrected chi connectivity index (χ3v) is 5.43. The fourth-order valence-electron chi connectivity index (χ4n) is 2.65. The highest BCUT2D eigenvalue weighted by Gasteiger charge is 2.30. The van der Waals surface area contributed by atoms with Gasteiger partial charge in [-0.15, -0.1) is 0 Å². The number of nitrogens with one attached hydrogen (secondary N) is 2. The van der Waals surface area contributed by atoms with Crippen LogP contribution in [-0.4, -0.2) is 18.2 Å². The zero-order valence-electron chi connectivity index (χ0n) is 16.5. The van der Waals surface area contributed by atoms with Crippen LogP contribution >= 0.6 is 24.0 Å². The van der Waals surface area contributed by atoms with Crippen molar-refractivity contribution in [2.24, 2.45) is 0 Å². The van der Waals surface area contributed by atoms with Crippen molar-refractivity contribution in [2.75, 3.05) is 17.7 Å². The van der Waals surface area contributed by atoms with Gasteiger partial charge in [0.1, 0.15) is 5.82 Å². The van der Waals surface area contributed by atoms with E-state index in [1.165, 1.54) is 49.2 Å². The van der Waals surface area contributed by atoms with Crippen molar-refractivity contribution in [3.8, 4) is 0 Å². The molecule has 0 aromatic heterocycles. The summed E-state index contributed by atoms with van der Waals surface area (Å²) in [5, 5.41) is 5.63. The number of carbonyl (C=O) groups excluding carboxylic acids is 1. The summed E-state index contributed by atoms with van der Waals surface area (Å²) in [6, 6.07) is 15.2. The Morgan fingerprint density at radius 1 is 1.00 bits per heavy atom. The number of hydrogen-bond acceptors (Lipinski definition) is 4. The minimum absolute atomic E-state index is 0.0206. The summed E-state index contributed by atoms with van der Waals surface area (Å²) >= 11 is 6.54. The van der Waals surface area contributed by atoms with E-state index in [1.54, 1.807) is 24.3 Å². The number of carbonyl (C=O) groups is 1. The lowest BCUT2D eigenvalue weighted by Crippen LogP contribution is -2.20. The van der Waals surface area contributed by atoms with Crippen LogP contribution in [0.1, 0.15) is 15.9 Å². The van der Waals surface area contributed by atoms with Gasteiger partial charge in [0.2, 0.25) is 0 Å². The second kappa shape index (κ2) is 10.0. The number of methoxy groups -OCH3 is 1. The molecule has 2 N–H and O–H groups in total. The number of thiocarbonyl (C=S) groups is 1. The molecule has 32 heavy (non-hydrogen) atoms. The van der Waals surface area contributed by atoms with Crippen LogP contribution in [-0.2, 0) is 10.9 Å². The Kier molecular flexibility index (Phi) is 7.37. The molecule has 0 bridgehead atoms. The van der Waals surface area contributed by atoms with E-state index in [2.05, 4.69) is 10.6 Å². The minimum Gasteiger partial charge on any atom is -0.465 e. The summed E-state index contributed by atoms with van der Waals surface area (Å²) in [4.78, 5) is 13.3. The highest BCUT2D eigenvalue weighted by molar-refractivity contribution is 7.99. The largest absolute Gasteiger partial charge is 0.465 e. The van der Waals surface area contributed by atoms with Crippen LogP contribution in [0.3, 0.4) is 0 Å². The van der Waals surface area contributed by atoms with Crippen LogP contribution in [0.15, 0.2) is 76.5 Å². The van der Waals surface area contributed by atoms with Crippen molar-refractivity contribution >= 4 is 46.4 Å². The van der Waals surface area contributed by atoms with Gasteiger partial charge < -0.3 is 15.4 Å². The van der Waals surface area contributed by atoms with Gasteiger partial charge in [-0.25, -0.2) is 9.18 Å². The average Bonchev–Trinajstić information content (AvgIpc) is 2.75. The monoisotopic (exact) mass is 480 g/mol. The molecule has 0 aliphatic carbocycles. The maximum atomic E-state index is 13.2. The van der Waals surface area contributed by atoms with E-state index in [9.17, 15) is 22.4 Å². The molecule has 3 rings (SSSR count). The lowest BCUT2D eigenvalue weighted by molar-refractivity contribution is -0.137. The molecule has 0 atom stereocenters. The van der Waals surface area contributed by atoms with E-state index < -0.39 is 17.7 Å². The van der Waals surface area contributed by atoms with Crippen LogP contribution < -0.4 is 10.6 Å². The molecule has 3 aromatic rings. The molecule has 0 aliphatic heterocycles. The summed E-state index contributed by atoms with van der Waals surface area (Å²) < 4.78 is 56.8. The second-order valence-corrected chi connectivity index (χ2v) is 7.94. The molecule has 0 fully saturated rings. The number of esters is 1. The van der Waals surface area contributed by atoms with Crippen molar-refractivity contribution in [3.05, 3.63) is 83.7 Å². The quantitative estimate of drug-likeness (QED) is 0.244. The maximum Gasteiger partial charge on any atom is 0.416 e. The van der Waals surface area contributed by atoms with Gasteiger partial charge in [0.25, 0.3) is 0 Å². The van der Waals surface area contributed by atoms with Gasteiger partial charge in [-0.05, 0) is 72.9 Å². The van der Waals surface area contributed by atoms with Crippen LogP contribution in [0.2, 0.25) is 0 Å². The van der Waals surface area contributed by atoms with Gasteiger partial charge in [0.15, 0.2) is 5.11 Å². The van der Waals surface area contributed by atoms with Gasteiger partial charge in [-0.2, -0.15) is 13.2 Å². The van der Waals surface area contributed by atoms with Crippen molar-refractivity contribution in [1.29, 1.82) is 0 Å². The average molecular weight is 481 g/mol. The third-order valence-electron chi connectivity index (χ3n) is 4.14. The molecule has 4 nitrogen and oxygen atoms in total. The second-order valence-electron chi connectivity index (χ2n) is 6.42. The van der Waals surface area contributed by atoms with Crippen molar-refractivity contribution in [2.45, 2.75) is 16.0 Å². The van der Waals surface area contributed by atoms with Crippen LogP contribution in [0, 0.1) is 5.82 Å². The minimum atomic E-state index is -4.49. The van der Waals surface area contributed by atoms with Gasteiger partial charge in [0, 0.05) is 15.5 Å². The maximum absolute atomic E-state index is 13.2. The standard InChI is InChI=1S/C22H16F4N2O2S2/c1-30-20(29)13-5-10-19(32-17-8-6-15(23)7-9-17)18(11-13)28-21(31)27-16-4-2-3-14(12-16)22(24,25)26/h2-12H,1H3,(H2,27,28,31). The van der Waals surface area contributed by atoms with Gasteiger partial charge >= 0.3 is 12.1 Å². The molecule has 0 aliphatic rings. The van der Waals surface area contributed by atoms with E-state index in [4.69, 9.17) is 17.0 Å². The van der Waals surface area contributed by atoms with Gasteiger partial charge in [-0.3, -0.25) is 0 Å². The Hall–Kier alpha value is -3.11. The molecule has 0 saturated carbocycles. The van der Waals surface area contributed by atoms with E-state index in [0.29, 0.717) is 10.6 Å². The summed E-state index contributed by atoms with van der Waals surface area (Å²) in [6.07, 6.45) is -4.49. The predicted octanol–water partition coefficient (Wildman–Crippen LogP) is 6.59. The summed E-state index contributed by atoms with van der Waals surface area (Å²) in [7, 11) is 1.25. The number of anilines is 2. The van der Waals surface area contributed by atoms with E-state index in [0.717, 1.165) is 17.0 Å². The Labute approximate surface area is 191 Å². The predicted molar refractivity (Wildman–Crippen MR) is 120 cm³/mol. The Bertz CT molecular complexity index is 1140. The molecule has 10 heteroatoms. The Morgan fingerprint density at radius 2 is 1.72 bits per heavy atom. The number of rotatable bonds is 5. The molecule has 0 heterocycles. The highest BCUT2D eigenvalue weighted by atomic mass is 32.2. The number of alkyl halides is 3. The molecule has 0 spiro atoms. The highest BCUT2D eigenvalue weighted by Crippen LogP contribution is 2.35. The molecule has 3 aromatic carbocycles. The zero-order valence-corrected chi connectivity index (χ0v) is 18.1.